The molecule has 19 heavy (non-hydrogen) atoms. The lowest BCUT2D eigenvalue weighted by Crippen LogP contribution is -2.22. The predicted molar refractivity (Wildman–Crippen MR) is 78.8 cm³/mol. The molecule has 2 heterocycles. The fourth-order valence-corrected chi connectivity index (χ4v) is 3.47. The van der Waals surface area contributed by atoms with Crippen LogP contribution in [-0.4, -0.2) is 12.5 Å². The Bertz CT molecular complexity index is 624. The summed E-state index contributed by atoms with van der Waals surface area (Å²) in [7, 11) is 0. The number of benzene rings is 1. The van der Waals surface area contributed by atoms with Crippen molar-refractivity contribution in [3.05, 3.63) is 50.1 Å². The topological polar surface area (TPSA) is 38.3 Å². The van der Waals surface area contributed by atoms with Gasteiger partial charge in [0.05, 0.1) is 13.2 Å². The van der Waals surface area contributed by atoms with E-state index in [1.54, 1.807) is 11.3 Å². The molecular formula is C14H12BrNO2S. The summed E-state index contributed by atoms with van der Waals surface area (Å²) in [5.41, 5.74) is 1.81. The normalized spacial score (nSPS) is 12.9. The number of hydrogen-bond donors (Lipinski definition) is 1. The molecule has 0 aliphatic carbocycles. The van der Waals surface area contributed by atoms with Crippen molar-refractivity contribution in [2.75, 3.05) is 6.61 Å². The van der Waals surface area contributed by atoms with Gasteiger partial charge in [-0.25, -0.2) is 0 Å². The number of ether oxygens (including phenoxy) is 1. The Balaban J connectivity index is 1.69. The van der Waals surface area contributed by atoms with Crippen LogP contribution in [0.3, 0.4) is 0 Å². The lowest BCUT2D eigenvalue weighted by atomic mass is 10.1. The van der Waals surface area contributed by atoms with Crippen LogP contribution in [0, 0.1) is 0 Å². The molecule has 1 aromatic carbocycles. The molecule has 98 valence electrons. The molecular weight excluding hydrogens is 326 g/mol. The molecule has 0 fully saturated rings. The molecule has 1 amide bonds. The van der Waals surface area contributed by atoms with E-state index in [1.165, 1.54) is 0 Å². The van der Waals surface area contributed by atoms with Crippen LogP contribution in [0.1, 0.15) is 20.8 Å². The largest absolute Gasteiger partial charge is 0.493 e. The number of carbonyl (C=O) groups is 1. The van der Waals surface area contributed by atoms with Gasteiger partial charge in [-0.2, -0.15) is 0 Å². The SMILES string of the molecule is O=C(NCc1sccc1Br)c1ccc2c(c1)CCO2. The highest BCUT2D eigenvalue weighted by Gasteiger charge is 2.15. The van der Waals surface area contributed by atoms with Gasteiger partial charge in [0.2, 0.25) is 0 Å². The summed E-state index contributed by atoms with van der Waals surface area (Å²) in [6.45, 7) is 1.26. The smallest absolute Gasteiger partial charge is 0.251 e. The lowest BCUT2D eigenvalue weighted by Gasteiger charge is -2.06. The van der Waals surface area contributed by atoms with Crippen molar-refractivity contribution in [3.63, 3.8) is 0 Å². The van der Waals surface area contributed by atoms with E-state index >= 15 is 0 Å². The third-order valence-electron chi connectivity index (χ3n) is 3.05. The van der Waals surface area contributed by atoms with E-state index in [0.717, 1.165) is 27.1 Å². The zero-order valence-corrected chi connectivity index (χ0v) is 12.5. The number of rotatable bonds is 3. The van der Waals surface area contributed by atoms with Crippen LogP contribution in [0.4, 0.5) is 0 Å². The highest BCUT2D eigenvalue weighted by Crippen LogP contribution is 2.26. The zero-order valence-electron chi connectivity index (χ0n) is 10.1. The Morgan fingerprint density at radius 1 is 1.42 bits per heavy atom. The van der Waals surface area contributed by atoms with E-state index in [4.69, 9.17) is 4.74 Å². The van der Waals surface area contributed by atoms with Crippen molar-refractivity contribution in [3.8, 4) is 5.75 Å². The summed E-state index contributed by atoms with van der Waals surface area (Å²) < 4.78 is 6.47. The second-order valence-corrected chi connectivity index (χ2v) is 6.15. The first kappa shape index (κ1) is 12.7. The summed E-state index contributed by atoms with van der Waals surface area (Å²) >= 11 is 5.08. The van der Waals surface area contributed by atoms with Crippen LogP contribution >= 0.6 is 27.3 Å². The van der Waals surface area contributed by atoms with Gasteiger partial charge in [0.15, 0.2) is 0 Å². The second kappa shape index (κ2) is 5.35. The highest BCUT2D eigenvalue weighted by molar-refractivity contribution is 9.10. The summed E-state index contributed by atoms with van der Waals surface area (Å²) in [6, 6.07) is 7.58. The van der Waals surface area contributed by atoms with Crippen LogP contribution in [0.25, 0.3) is 0 Å². The van der Waals surface area contributed by atoms with E-state index in [-0.39, 0.29) is 5.91 Å². The molecule has 5 heteroatoms. The van der Waals surface area contributed by atoms with Gasteiger partial charge in [-0.3, -0.25) is 4.79 Å². The minimum atomic E-state index is -0.0463. The van der Waals surface area contributed by atoms with E-state index in [9.17, 15) is 4.79 Å². The van der Waals surface area contributed by atoms with Gasteiger partial charge in [-0.15, -0.1) is 11.3 Å². The zero-order chi connectivity index (χ0) is 13.2. The van der Waals surface area contributed by atoms with Crippen molar-refractivity contribution >= 4 is 33.2 Å². The van der Waals surface area contributed by atoms with Gasteiger partial charge in [0, 0.05) is 21.3 Å². The van der Waals surface area contributed by atoms with Crippen molar-refractivity contribution in [2.45, 2.75) is 13.0 Å². The molecule has 3 nitrogen and oxygen atoms in total. The summed E-state index contributed by atoms with van der Waals surface area (Å²) in [6.07, 6.45) is 0.882. The standard InChI is InChI=1S/C14H12BrNO2S/c15-11-4-6-19-13(11)8-16-14(17)10-1-2-12-9(7-10)3-5-18-12/h1-2,4,6-7H,3,5,8H2,(H,16,17). The van der Waals surface area contributed by atoms with Gasteiger partial charge in [0.1, 0.15) is 5.75 Å². The Hall–Kier alpha value is -1.33. The van der Waals surface area contributed by atoms with Crippen LogP contribution in [-0.2, 0) is 13.0 Å². The third kappa shape index (κ3) is 2.67. The van der Waals surface area contributed by atoms with Gasteiger partial charge in [-0.05, 0) is 51.1 Å². The maximum Gasteiger partial charge on any atom is 0.251 e. The van der Waals surface area contributed by atoms with Crippen LogP contribution in [0.2, 0.25) is 0 Å². The molecule has 1 N–H and O–H groups in total. The van der Waals surface area contributed by atoms with Crippen molar-refractivity contribution < 1.29 is 9.53 Å². The van der Waals surface area contributed by atoms with Crippen molar-refractivity contribution in [1.82, 2.24) is 5.32 Å². The third-order valence-corrected chi connectivity index (χ3v) is 4.98. The Labute approximate surface area is 123 Å². The van der Waals surface area contributed by atoms with Crippen LogP contribution in [0.15, 0.2) is 34.1 Å². The first-order chi connectivity index (χ1) is 9.24. The number of amides is 1. The number of carbonyl (C=O) groups excluding carboxylic acids is 1. The van der Waals surface area contributed by atoms with Crippen LogP contribution < -0.4 is 10.1 Å². The Morgan fingerprint density at radius 3 is 3.11 bits per heavy atom. The summed E-state index contributed by atoms with van der Waals surface area (Å²) in [5.74, 6) is 0.854. The molecule has 1 aromatic heterocycles. The molecule has 0 spiro atoms. The van der Waals surface area contributed by atoms with Crippen molar-refractivity contribution in [1.29, 1.82) is 0 Å². The van der Waals surface area contributed by atoms with Gasteiger partial charge in [-0.1, -0.05) is 0 Å². The van der Waals surface area contributed by atoms with E-state index in [0.29, 0.717) is 18.7 Å². The molecule has 0 saturated carbocycles. The minimum Gasteiger partial charge on any atom is -0.493 e. The Morgan fingerprint density at radius 2 is 2.32 bits per heavy atom. The summed E-state index contributed by atoms with van der Waals surface area (Å²) in [5, 5.41) is 4.93. The first-order valence-electron chi connectivity index (χ1n) is 6.00. The van der Waals surface area contributed by atoms with E-state index in [2.05, 4.69) is 21.2 Å². The molecule has 0 saturated heterocycles. The highest BCUT2D eigenvalue weighted by atomic mass is 79.9. The average Bonchev–Trinajstić information content (AvgIpc) is 3.03. The monoisotopic (exact) mass is 337 g/mol. The van der Waals surface area contributed by atoms with Gasteiger partial charge < -0.3 is 10.1 Å². The fraction of sp³-hybridized carbons (Fsp3) is 0.214. The number of fused-ring (bicyclic) bond motifs is 1. The molecule has 2 aromatic rings. The number of halogens is 1. The first-order valence-corrected chi connectivity index (χ1v) is 7.67. The van der Waals surface area contributed by atoms with Crippen molar-refractivity contribution in [2.24, 2.45) is 0 Å². The van der Waals surface area contributed by atoms with E-state index < -0.39 is 0 Å². The number of thiophene rings is 1. The van der Waals surface area contributed by atoms with E-state index in [1.807, 2.05) is 29.6 Å². The molecule has 0 unspecified atom stereocenters. The molecule has 1 aliphatic heterocycles. The molecule has 1 aliphatic rings. The van der Waals surface area contributed by atoms with Gasteiger partial charge in [0.25, 0.3) is 5.91 Å². The minimum absolute atomic E-state index is 0.0463. The van der Waals surface area contributed by atoms with Crippen LogP contribution in [0.5, 0.6) is 5.75 Å². The number of hydrogen-bond acceptors (Lipinski definition) is 3. The fourth-order valence-electron chi connectivity index (χ4n) is 2.04. The molecule has 3 rings (SSSR count). The summed E-state index contributed by atoms with van der Waals surface area (Å²) in [4.78, 5) is 13.2. The quantitative estimate of drug-likeness (QED) is 0.932. The predicted octanol–water partition coefficient (Wildman–Crippen LogP) is 3.38. The Kier molecular flexibility index (Phi) is 3.57. The maximum absolute atomic E-state index is 12.1. The second-order valence-electron chi connectivity index (χ2n) is 4.30. The molecule has 0 bridgehead atoms. The maximum atomic E-state index is 12.1. The molecule has 0 atom stereocenters. The average molecular weight is 338 g/mol. The number of nitrogens with one attached hydrogen (secondary N) is 1. The molecule has 0 radical (unpaired) electrons. The lowest BCUT2D eigenvalue weighted by molar-refractivity contribution is 0.0951. The van der Waals surface area contributed by atoms with Gasteiger partial charge >= 0.3 is 0 Å².